The van der Waals surface area contributed by atoms with Gasteiger partial charge in [0, 0.05) is 30.7 Å². The number of pyridine rings is 1. The van der Waals surface area contributed by atoms with Crippen molar-refractivity contribution in [1.29, 1.82) is 5.26 Å². The first-order chi connectivity index (χ1) is 17.6. The predicted molar refractivity (Wildman–Crippen MR) is 135 cm³/mol. The highest BCUT2D eigenvalue weighted by Crippen LogP contribution is 2.36. The van der Waals surface area contributed by atoms with Gasteiger partial charge >= 0.3 is 0 Å². The summed E-state index contributed by atoms with van der Waals surface area (Å²) in [7, 11) is 0. The summed E-state index contributed by atoms with van der Waals surface area (Å²) in [4.78, 5) is 16.5. The van der Waals surface area contributed by atoms with Gasteiger partial charge in [0.2, 0.25) is 5.88 Å². The maximum atomic E-state index is 12.2. The molecule has 4 aromatic rings. The standard InChI is InChI=1S/C30H24N2O4/c1-20-27(10-9-25-26(33)12-14-34-30(20)25)36-29-17-22(11-13-32-29)15-24-8-7-23(18-31)16-28(24)35-19-21-5-3-2-4-6-21/h2-11,13,16-17H,12,14-15,19H2,1H3. The number of Topliss-reactive ketones (excluding diaryl/α,β-unsaturated/α-hetero) is 1. The maximum Gasteiger partial charge on any atom is 0.219 e. The molecular weight excluding hydrogens is 452 g/mol. The summed E-state index contributed by atoms with van der Waals surface area (Å²) >= 11 is 0. The van der Waals surface area contributed by atoms with Crippen molar-refractivity contribution >= 4 is 5.78 Å². The van der Waals surface area contributed by atoms with E-state index >= 15 is 0 Å². The molecule has 2 heterocycles. The molecule has 1 aliphatic heterocycles. The highest BCUT2D eigenvalue weighted by molar-refractivity contribution is 6.00. The van der Waals surface area contributed by atoms with Gasteiger partial charge in [-0.3, -0.25) is 4.79 Å². The fourth-order valence-electron chi connectivity index (χ4n) is 4.16. The number of carbonyl (C=O) groups is 1. The number of benzene rings is 3. The van der Waals surface area contributed by atoms with Crippen molar-refractivity contribution in [3.8, 4) is 29.2 Å². The summed E-state index contributed by atoms with van der Waals surface area (Å²) in [5, 5.41) is 9.36. The van der Waals surface area contributed by atoms with Gasteiger partial charge in [0.1, 0.15) is 23.9 Å². The Morgan fingerprint density at radius 3 is 2.69 bits per heavy atom. The van der Waals surface area contributed by atoms with E-state index in [0.717, 1.165) is 22.3 Å². The molecule has 0 unspecified atom stereocenters. The third kappa shape index (κ3) is 5.06. The molecule has 0 saturated heterocycles. The molecule has 6 heteroatoms. The Kier molecular flexibility index (Phi) is 6.63. The molecule has 1 aromatic heterocycles. The number of nitrogens with zero attached hydrogens (tertiary/aromatic N) is 2. The normalized spacial score (nSPS) is 12.3. The highest BCUT2D eigenvalue weighted by Gasteiger charge is 2.22. The summed E-state index contributed by atoms with van der Waals surface area (Å²) in [5.74, 6) is 2.37. The molecule has 6 nitrogen and oxygen atoms in total. The van der Waals surface area contributed by atoms with Gasteiger partial charge in [-0.25, -0.2) is 4.98 Å². The van der Waals surface area contributed by atoms with E-state index in [0.29, 0.717) is 60.3 Å². The third-order valence-electron chi connectivity index (χ3n) is 6.07. The van der Waals surface area contributed by atoms with Gasteiger partial charge in [0.15, 0.2) is 5.78 Å². The zero-order valence-corrected chi connectivity index (χ0v) is 19.9. The van der Waals surface area contributed by atoms with Gasteiger partial charge in [0.25, 0.3) is 0 Å². The van der Waals surface area contributed by atoms with Gasteiger partial charge < -0.3 is 14.2 Å². The lowest BCUT2D eigenvalue weighted by Crippen LogP contribution is -2.16. The Labute approximate surface area is 209 Å². The van der Waals surface area contributed by atoms with Crippen LogP contribution in [0.25, 0.3) is 0 Å². The van der Waals surface area contributed by atoms with Crippen LogP contribution in [0.1, 0.15) is 44.6 Å². The number of rotatable bonds is 7. The number of ether oxygens (including phenoxy) is 3. The molecule has 0 saturated carbocycles. The Morgan fingerprint density at radius 2 is 1.86 bits per heavy atom. The zero-order valence-electron chi connectivity index (χ0n) is 19.9. The number of fused-ring (bicyclic) bond motifs is 1. The van der Waals surface area contributed by atoms with E-state index in [1.807, 2.05) is 55.5 Å². The van der Waals surface area contributed by atoms with Crippen LogP contribution >= 0.6 is 0 Å². The lowest BCUT2D eigenvalue weighted by atomic mass is 10.0. The molecule has 178 valence electrons. The van der Waals surface area contributed by atoms with Crippen molar-refractivity contribution in [1.82, 2.24) is 4.98 Å². The minimum absolute atomic E-state index is 0.0822. The van der Waals surface area contributed by atoms with E-state index in [2.05, 4.69) is 11.1 Å². The number of hydrogen-bond donors (Lipinski definition) is 0. The molecule has 36 heavy (non-hydrogen) atoms. The SMILES string of the molecule is Cc1c(Oc2cc(Cc3ccc(C#N)cc3OCc3ccccc3)ccn2)ccc2c1OCCC2=O. The quantitative estimate of drug-likeness (QED) is 0.316. The van der Waals surface area contributed by atoms with E-state index in [9.17, 15) is 10.1 Å². The molecule has 0 atom stereocenters. The summed E-state index contributed by atoms with van der Waals surface area (Å²) in [6.07, 6.45) is 2.67. The van der Waals surface area contributed by atoms with Crippen LogP contribution in [0.4, 0.5) is 0 Å². The van der Waals surface area contributed by atoms with Crippen LogP contribution in [-0.2, 0) is 13.0 Å². The first kappa shape index (κ1) is 23.1. The van der Waals surface area contributed by atoms with Crippen molar-refractivity contribution in [2.45, 2.75) is 26.4 Å². The van der Waals surface area contributed by atoms with Gasteiger partial charge in [-0.05, 0) is 53.9 Å². The van der Waals surface area contributed by atoms with Gasteiger partial charge in [-0.15, -0.1) is 0 Å². The summed E-state index contributed by atoms with van der Waals surface area (Å²) < 4.78 is 17.9. The summed E-state index contributed by atoms with van der Waals surface area (Å²) in [5.41, 5.74) is 4.91. The Morgan fingerprint density at radius 1 is 1.00 bits per heavy atom. The highest BCUT2D eigenvalue weighted by atomic mass is 16.5. The fraction of sp³-hybridized carbons (Fsp3) is 0.167. The van der Waals surface area contributed by atoms with Crippen molar-refractivity contribution in [3.63, 3.8) is 0 Å². The van der Waals surface area contributed by atoms with Crippen molar-refractivity contribution in [3.05, 3.63) is 112 Å². The minimum Gasteiger partial charge on any atom is -0.492 e. The molecule has 0 radical (unpaired) electrons. The van der Waals surface area contributed by atoms with E-state index < -0.39 is 0 Å². The molecule has 1 aliphatic rings. The molecule has 0 spiro atoms. The Hall–Kier alpha value is -4.63. The Bertz CT molecular complexity index is 1460. The molecule has 0 amide bonds. The molecule has 0 fully saturated rings. The largest absolute Gasteiger partial charge is 0.492 e. The molecule has 0 aliphatic carbocycles. The van der Waals surface area contributed by atoms with Crippen molar-refractivity contribution in [2.24, 2.45) is 0 Å². The minimum atomic E-state index is 0.0822. The number of carbonyl (C=O) groups excluding carboxylic acids is 1. The topological polar surface area (TPSA) is 81.4 Å². The molecule has 3 aromatic carbocycles. The van der Waals surface area contributed by atoms with E-state index in [1.54, 1.807) is 30.5 Å². The smallest absolute Gasteiger partial charge is 0.219 e. The second kappa shape index (κ2) is 10.3. The fourth-order valence-corrected chi connectivity index (χ4v) is 4.16. The number of nitriles is 1. The monoisotopic (exact) mass is 476 g/mol. The average Bonchev–Trinajstić information content (AvgIpc) is 2.91. The van der Waals surface area contributed by atoms with E-state index in [-0.39, 0.29) is 5.78 Å². The van der Waals surface area contributed by atoms with Crippen LogP contribution in [-0.4, -0.2) is 17.4 Å². The molecular formula is C30H24N2O4. The van der Waals surface area contributed by atoms with Crippen LogP contribution in [0.15, 0.2) is 79.0 Å². The lowest BCUT2D eigenvalue weighted by Gasteiger charge is -2.20. The van der Waals surface area contributed by atoms with Gasteiger partial charge in [0.05, 0.1) is 23.8 Å². The van der Waals surface area contributed by atoms with Crippen molar-refractivity contribution < 1.29 is 19.0 Å². The summed E-state index contributed by atoms with van der Waals surface area (Å²) in [6.45, 7) is 2.67. The second-order valence-electron chi connectivity index (χ2n) is 8.58. The average molecular weight is 477 g/mol. The Balaban J connectivity index is 1.36. The van der Waals surface area contributed by atoms with E-state index in [4.69, 9.17) is 14.2 Å². The first-order valence-corrected chi connectivity index (χ1v) is 11.7. The molecule has 0 bridgehead atoms. The van der Waals surface area contributed by atoms with E-state index in [1.165, 1.54) is 0 Å². The lowest BCUT2D eigenvalue weighted by molar-refractivity contribution is 0.0932. The van der Waals surface area contributed by atoms with Crippen molar-refractivity contribution in [2.75, 3.05) is 6.61 Å². The van der Waals surface area contributed by atoms with Crippen LogP contribution in [0.3, 0.4) is 0 Å². The number of aromatic nitrogens is 1. The number of hydrogen-bond acceptors (Lipinski definition) is 6. The second-order valence-corrected chi connectivity index (χ2v) is 8.58. The van der Waals surface area contributed by atoms with Crippen LogP contribution in [0, 0.1) is 18.3 Å². The predicted octanol–water partition coefficient (Wildman–Crippen LogP) is 6.19. The first-order valence-electron chi connectivity index (χ1n) is 11.7. The van der Waals surface area contributed by atoms with Crippen LogP contribution < -0.4 is 14.2 Å². The molecule has 0 N–H and O–H groups in total. The maximum absolute atomic E-state index is 12.2. The van der Waals surface area contributed by atoms with Gasteiger partial charge in [-0.2, -0.15) is 5.26 Å². The van der Waals surface area contributed by atoms with Crippen LogP contribution in [0.2, 0.25) is 0 Å². The third-order valence-corrected chi connectivity index (χ3v) is 6.07. The number of ketones is 1. The molecule has 5 rings (SSSR count). The zero-order chi connectivity index (χ0) is 24.9. The summed E-state index contributed by atoms with van der Waals surface area (Å²) in [6, 6.07) is 24.9. The van der Waals surface area contributed by atoms with Crippen LogP contribution in [0.5, 0.6) is 23.1 Å². The van der Waals surface area contributed by atoms with Gasteiger partial charge in [-0.1, -0.05) is 36.4 Å².